The van der Waals surface area contributed by atoms with Gasteiger partial charge in [0.25, 0.3) is 0 Å². The molecule has 0 heterocycles. The summed E-state index contributed by atoms with van der Waals surface area (Å²) in [5.74, 6) is 0.0479. The predicted molar refractivity (Wildman–Crippen MR) is 53.2 cm³/mol. The molecule has 0 saturated carbocycles. The summed E-state index contributed by atoms with van der Waals surface area (Å²) in [5.41, 5.74) is -0.0292. The van der Waals surface area contributed by atoms with Gasteiger partial charge in [0, 0.05) is 0 Å². The fourth-order valence-electron chi connectivity index (χ4n) is 1.07. The molecule has 0 radical (unpaired) electrons. The highest BCUT2D eigenvalue weighted by Crippen LogP contribution is 2.28. The van der Waals surface area contributed by atoms with Crippen molar-refractivity contribution < 1.29 is 9.84 Å². The van der Waals surface area contributed by atoms with Crippen molar-refractivity contribution in [2.75, 3.05) is 6.61 Å². The number of ether oxygens (including phenoxy) is 1. The van der Waals surface area contributed by atoms with Gasteiger partial charge in [0.15, 0.2) is 0 Å². The van der Waals surface area contributed by atoms with Crippen LogP contribution in [0.3, 0.4) is 0 Å². The van der Waals surface area contributed by atoms with Gasteiger partial charge in [0.05, 0.1) is 0 Å². The summed E-state index contributed by atoms with van der Waals surface area (Å²) >= 11 is 0. The second kappa shape index (κ2) is 4.69. The molecule has 74 valence electrons. The standard InChI is InChI=1S/C11H8N2O2/c1-2-5-15-11-4-3-10(14)8(6-12)9(11)7-13/h2-4,14H,1,5H2. The first kappa shape index (κ1) is 10.6. The molecule has 0 saturated heterocycles. The third kappa shape index (κ3) is 2.07. The van der Waals surface area contributed by atoms with Crippen LogP contribution in [0.1, 0.15) is 11.1 Å². The van der Waals surface area contributed by atoms with E-state index in [4.69, 9.17) is 15.3 Å². The number of hydrogen-bond donors (Lipinski definition) is 1. The number of aromatic hydroxyl groups is 1. The molecule has 0 aromatic heterocycles. The van der Waals surface area contributed by atoms with E-state index in [0.717, 1.165) is 0 Å². The molecule has 0 fully saturated rings. The van der Waals surface area contributed by atoms with Crippen molar-refractivity contribution in [3.63, 3.8) is 0 Å². The lowest BCUT2D eigenvalue weighted by molar-refractivity contribution is 0.361. The lowest BCUT2D eigenvalue weighted by Gasteiger charge is -2.07. The van der Waals surface area contributed by atoms with Gasteiger partial charge < -0.3 is 9.84 Å². The molecule has 0 atom stereocenters. The average Bonchev–Trinajstić information content (AvgIpc) is 2.26. The van der Waals surface area contributed by atoms with E-state index in [1.165, 1.54) is 18.2 Å². The van der Waals surface area contributed by atoms with Crippen molar-refractivity contribution in [3.8, 4) is 23.6 Å². The van der Waals surface area contributed by atoms with Crippen molar-refractivity contribution in [1.29, 1.82) is 10.5 Å². The fraction of sp³-hybridized carbons (Fsp3) is 0.0909. The molecule has 1 aromatic carbocycles. The Labute approximate surface area is 87.3 Å². The van der Waals surface area contributed by atoms with Gasteiger partial charge >= 0.3 is 0 Å². The molecule has 0 bridgehead atoms. The summed E-state index contributed by atoms with van der Waals surface area (Å²) in [6, 6.07) is 6.34. The van der Waals surface area contributed by atoms with Crippen molar-refractivity contribution >= 4 is 0 Å². The van der Waals surface area contributed by atoms with Gasteiger partial charge in [-0.15, -0.1) is 0 Å². The van der Waals surface area contributed by atoms with Crippen molar-refractivity contribution in [2.24, 2.45) is 0 Å². The van der Waals surface area contributed by atoms with Gasteiger partial charge in [-0.2, -0.15) is 10.5 Å². The molecule has 0 aliphatic heterocycles. The number of nitriles is 2. The Kier molecular flexibility index (Phi) is 3.32. The van der Waals surface area contributed by atoms with Crippen LogP contribution >= 0.6 is 0 Å². The highest BCUT2D eigenvalue weighted by molar-refractivity contribution is 5.59. The molecule has 1 N–H and O–H groups in total. The van der Waals surface area contributed by atoms with E-state index in [-0.39, 0.29) is 29.2 Å². The van der Waals surface area contributed by atoms with E-state index >= 15 is 0 Å². The Bertz CT molecular complexity index is 467. The summed E-state index contributed by atoms with van der Waals surface area (Å²) in [6.07, 6.45) is 1.53. The minimum atomic E-state index is -0.222. The molecule has 0 spiro atoms. The van der Waals surface area contributed by atoms with Crippen LogP contribution in [0.25, 0.3) is 0 Å². The molecule has 15 heavy (non-hydrogen) atoms. The molecule has 0 amide bonds. The first-order chi connectivity index (χ1) is 7.24. The first-order valence-corrected chi connectivity index (χ1v) is 4.14. The number of phenolic OH excluding ortho intramolecular Hbond substituents is 1. The summed E-state index contributed by atoms with van der Waals surface area (Å²) in [7, 11) is 0. The molecule has 0 aliphatic rings. The highest BCUT2D eigenvalue weighted by Gasteiger charge is 2.13. The van der Waals surface area contributed by atoms with Gasteiger partial charge in [0.2, 0.25) is 0 Å². The van der Waals surface area contributed by atoms with Crippen LogP contribution < -0.4 is 4.74 Å². The Morgan fingerprint density at radius 2 is 2.00 bits per heavy atom. The van der Waals surface area contributed by atoms with Crippen LogP contribution in [0.4, 0.5) is 0 Å². The van der Waals surface area contributed by atoms with Gasteiger partial charge in [-0.05, 0) is 12.1 Å². The lowest BCUT2D eigenvalue weighted by atomic mass is 10.1. The van der Waals surface area contributed by atoms with Crippen LogP contribution in [0.15, 0.2) is 24.8 Å². The number of nitrogens with zero attached hydrogens (tertiary/aromatic N) is 2. The smallest absolute Gasteiger partial charge is 0.139 e. The van der Waals surface area contributed by atoms with E-state index in [1.54, 1.807) is 6.07 Å². The van der Waals surface area contributed by atoms with Crippen molar-refractivity contribution in [2.45, 2.75) is 0 Å². The number of benzene rings is 1. The third-order valence-electron chi connectivity index (χ3n) is 1.73. The maximum Gasteiger partial charge on any atom is 0.139 e. The van der Waals surface area contributed by atoms with Crippen molar-refractivity contribution in [1.82, 2.24) is 0 Å². The average molecular weight is 200 g/mol. The number of phenols is 1. The zero-order valence-corrected chi connectivity index (χ0v) is 7.90. The third-order valence-corrected chi connectivity index (χ3v) is 1.73. The maximum absolute atomic E-state index is 9.32. The summed E-state index contributed by atoms with van der Waals surface area (Å²) < 4.78 is 5.17. The lowest BCUT2D eigenvalue weighted by Crippen LogP contribution is -1.97. The zero-order valence-electron chi connectivity index (χ0n) is 7.90. The summed E-state index contributed by atoms with van der Waals surface area (Å²) in [5, 5.41) is 26.9. The zero-order chi connectivity index (χ0) is 11.3. The topological polar surface area (TPSA) is 77.0 Å². The monoisotopic (exact) mass is 200 g/mol. The molecule has 4 nitrogen and oxygen atoms in total. The molecule has 0 unspecified atom stereocenters. The second-order valence-corrected chi connectivity index (χ2v) is 2.66. The fourth-order valence-corrected chi connectivity index (χ4v) is 1.07. The van der Waals surface area contributed by atoms with Crippen LogP contribution in [-0.2, 0) is 0 Å². The van der Waals surface area contributed by atoms with E-state index in [1.807, 2.05) is 6.07 Å². The van der Waals surface area contributed by atoms with Gasteiger partial charge in [-0.3, -0.25) is 0 Å². The molecule has 1 aromatic rings. The molecule has 1 rings (SSSR count). The SMILES string of the molecule is C=CCOc1ccc(O)c(C#N)c1C#N. The Morgan fingerprint density at radius 3 is 2.53 bits per heavy atom. The Balaban J connectivity index is 3.25. The maximum atomic E-state index is 9.32. The quantitative estimate of drug-likeness (QED) is 0.753. The Morgan fingerprint density at radius 1 is 1.33 bits per heavy atom. The van der Waals surface area contributed by atoms with Gasteiger partial charge in [-0.1, -0.05) is 12.7 Å². The van der Waals surface area contributed by atoms with Crippen molar-refractivity contribution in [3.05, 3.63) is 35.9 Å². The van der Waals surface area contributed by atoms with E-state index < -0.39 is 0 Å². The largest absolute Gasteiger partial charge is 0.507 e. The molecular weight excluding hydrogens is 192 g/mol. The van der Waals surface area contributed by atoms with Crippen LogP contribution in [0.5, 0.6) is 11.5 Å². The van der Waals surface area contributed by atoms with Gasteiger partial charge in [-0.25, -0.2) is 0 Å². The highest BCUT2D eigenvalue weighted by atomic mass is 16.5. The van der Waals surface area contributed by atoms with E-state index in [2.05, 4.69) is 6.58 Å². The normalized spacial score (nSPS) is 8.67. The van der Waals surface area contributed by atoms with E-state index in [9.17, 15) is 5.11 Å². The number of hydrogen-bond acceptors (Lipinski definition) is 4. The Hall–Kier alpha value is -2.46. The first-order valence-electron chi connectivity index (χ1n) is 4.14. The predicted octanol–water partition coefficient (Wildman–Crippen LogP) is 1.70. The molecular formula is C11H8N2O2. The van der Waals surface area contributed by atoms with E-state index in [0.29, 0.717) is 0 Å². The molecule has 0 aliphatic carbocycles. The number of rotatable bonds is 3. The summed E-state index contributed by atoms with van der Waals surface area (Å²) in [4.78, 5) is 0. The van der Waals surface area contributed by atoms with Crippen LogP contribution in [0.2, 0.25) is 0 Å². The van der Waals surface area contributed by atoms with Crippen LogP contribution in [0, 0.1) is 22.7 Å². The van der Waals surface area contributed by atoms with Gasteiger partial charge in [0.1, 0.15) is 41.4 Å². The second-order valence-electron chi connectivity index (χ2n) is 2.66. The minimum Gasteiger partial charge on any atom is -0.507 e. The molecule has 4 heteroatoms. The summed E-state index contributed by atoms with van der Waals surface area (Å²) in [6.45, 7) is 3.71. The minimum absolute atomic E-state index is 0.0411. The van der Waals surface area contributed by atoms with Crippen LogP contribution in [-0.4, -0.2) is 11.7 Å².